The molecule has 1 aliphatic rings. The Hall–Kier alpha value is -3.45. The molecule has 0 radical (unpaired) electrons. The number of rotatable bonds is 1. The first-order valence-electron chi connectivity index (χ1n) is 8.66. The zero-order chi connectivity index (χ0) is 17.8. The van der Waals surface area contributed by atoms with Crippen LogP contribution >= 0.6 is 0 Å². The summed E-state index contributed by atoms with van der Waals surface area (Å²) in [5.41, 5.74) is 5.48. The van der Waals surface area contributed by atoms with Gasteiger partial charge in [-0.1, -0.05) is 36.4 Å². The maximum atomic E-state index is 9.52. The van der Waals surface area contributed by atoms with E-state index in [1.165, 1.54) is 0 Å². The zero-order valence-corrected chi connectivity index (χ0v) is 14.6. The summed E-state index contributed by atoms with van der Waals surface area (Å²) in [4.78, 5) is 4.40. The molecule has 0 bridgehead atoms. The van der Waals surface area contributed by atoms with Crippen LogP contribution in [0.4, 0.5) is 17.1 Å². The van der Waals surface area contributed by atoms with Crippen LogP contribution in [0.15, 0.2) is 65.1 Å². The minimum atomic E-state index is 0.0818. The normalized spacial score (nSPS) is 16.3. The van der Waals surface area contributed by atoms with Crippen molar-refractivity contribution < 1.29 is 4.42 Å². The highest BCUT2D eigenvalue weighted by molar-refractivity contribution is 6.10. The molecule has 0 aliphatic carbocycles. The van der Waals surface area contributed by atoms with Gasteiger partial charge in [-0.25, -0.2) is 0 Å². The van der Waals surface area contributed by atoms with Crippen LogP contribution in [0.25, 0.3) is 21.9 Å². The molecular formula is C22H17N3O. The predicted octanol–water partition coefficient (Wildman–Crippen LogP) is 5.39. The van der Waals surface area contributed by atoms with Crippen molar-refractivity contribution in [1.82, 2.24) is 0 Å². The van der Waals surface area contributed by atoms with Crippen molar-refractivity contribution in [3.63, 3.8) is 0 Å². The summed E-state index contributed by atoms with van der Waals surface area (Å²) in [6.45, 7) is 2.14. The molecule has 0 N–H and O–H groups in total. The molecule has 4 aromatic rings. The van der Waals surface area contributed by atoms with Gasteiger partial charge in [0.25, 0.3) is 0 Å². The van der Waals surface area contributed by atoms with Crippen LogP contribution in [0.2, 0.25) is 0 Å². The van der Waals surface area contributed by atoms with E-state index in [9.17, 15) is 5.26 Å². The summed E-state index contributed by atoms with van der Waals surface area (Å²) in [5, 5.41) is 11.7. The van der Waals surface area contributed by atoms with E-state index in [2.05, 4.69) is 53.1 Å². The molecule has 4 nitrogen and oxygen atoms in total. The molecule has 0 spiro atoms. The fourth-order valence-corrected chi connectivity index (χ4v) is 4.00. The van der Waals surface area contributed by atoms with Crippen molar-refractivity contribution in [1.29, 1.82) is 5.26 Å². The summed E-state index contributed by atoms with van der Waals surface area (Å²) in [6.07, 6.45) is 0.0818. The highest BCUT2D eigenvalue weighted by Gasteiger charge is 2.34. The van der Waals surface area contributed by atoms with Gasteiger partial charge in [0, 0.05) is 17.8 Å². The Morgan fingerprint density at radius 1 is 0.923 bits per heavy atom. The molecule has 126 valence electrons. The minimum absolute atomic E-state index is 0.0818. The first-order valence-corrected chi connectivity index (χ1v) is 8.66. The van der Waals surface area contributed by atoms with E-state index < -0.39 is 0 Å². The molecule has 26 heavy (non-hydrogen) atoms. The molecular weight excluding hydrogens is 322 g/mol. The van der Waals surface area contributed by atoms with Crippen LogP contribution in [0.3, 0.4) is 0 Å². The van der Waals surface area contributed by atoms with E-state index in [1.54, 1.807) is 0 Å². The largest absolute Gasteiger partial charge is 0.454 e. The number of fused-ring (bicyclic) bond motifs is 4. The monoisotopic (exact) mass is 339 g/mol. The second kappa shape index (κ2) is 5.27. The van der Waals surface area contributed by atoms with Gasteiger partial charge < -0.3 is 14.2 Å². The molecule has 1 aliphatic heterocycles. The number of anilines is 3. The summed E-state index contributed by atoms with van der Waals surface area (Å²) in [5.74, 6) is 0. The number of para-hydroxylation sites is 3. The highest BCUT2D eigenvalue weighted by Crippen LogP contribution is 2.47. The molecule has 0 saturated heterocycles. The summed E-state index contributed by atoms with van der Waals surface area (Å²) < 4.78 is 6.23. The van der Waals surface area contributed by atoms with Crippen LogP contribution in [0, 0.1) is 11.3 Å². The first-order chi connectivity index (χ1) is 12.7. The number of hydrogen-bond donors (Lipinski definition) is 0. The third kappa shape index (κ3) is 1.83. The topological polar surface area (TPSA) is 43.4 Å². The van der Waals surface area contributed by atoms with Gasteiger partial charge in [-0.2, -0.15) is 5.26 Å². The van der Waals surface area contributed by atoms with E-state index in [0.717, 1.165) is 39.0 Å². The van der Waals surface area contributed by atoms with Crippen LogP contribution < -0.4 is 9.80 Å². The zero-order valence-electron chi connectivity index (χ0n) is 14.6. The third-order valence-corrected chi connectivity index (χ3v) is 5.32. The van der Waals surface area contributed by atoms with E-state index in [4.69, 9.17) is 4.42 Å². The van der Waals surface area contributed by atoms with E-state index in [-0.39, 0.29) is 6.17 Å². The quantitative estimate of drug-likeness (QED) is 0.466. The van der Waals surface area contributed by atoms with Gasteiger partial charge in [0.2, 0.25) is 0 Å². The van der Waals surface area contributed by atoms with Crippen LogP contribution in [0.1, 0.15) is 12.5 Å². The van der Waals surface area contributed by atoms with Crippen molar-refractivity contribution in [2.45, 2.75) is 13.1 Å². The van der Waals surface area contributed by atoms with Gasteiger partial charge in [0.05, 0.1) is 22.6 Å². The lowest BCUT2D eigenvalue weighted by Gasteiger charge is -2.27. The number of hydrogen-bond acceptors (Lipinski definition) is 4. The van der Waals surface area contributed by atoms with Crippen molar-refractivity contribution in [2.24, 2.45) is 0 Å². The number of furan rings is 1. The molecule has 0 fully saturated rings. The fourth-order valence-electron chi connectivity index (χ4n) is 4.00. The Balaban J connectivity index is 1.81. The molecule has 0 unspecified atom stereocenters. The van der Waals surface area contributed by atoms with Gasteiger partial charge in [-0.15, -0.1) is 0 Å². The number of nitrogens with zero attached hydrogens (tertiary/aromatic N) is 3. The van der Waals surface area contributed by atoms with E-state index >= 15 is 0 Å². The summed E-state index contributed by atoms with van der Waals surface area (Å²) in [7, 11) is 2.03. The Morgan fingerprint density at radius 2 is 1.65 bits per heavy atom. The van der Waals surface area contributed by atoms with Crippen molar-refractivity contribution in [3.05, 3.63) is 66.2 Å². The molecule has 4 heteroatoms. The van der Waals surface area contributed by atoms with Crippen molar-refractivity contribution >= 4 is 39.0 Å². The molecule has 0 saturated carbocycles. The molecule has 1 atom stereocenters. The summed E-state index contributed by atoms with van der Waals surface area (Å²) in [6, 6.07) is 22.6. The van der Waals surface area contributed by atoms with E-state index in [1.807, 2.05) is 37.4 Å². The van der Waals surface area contributed by atoms with Gasteiger partial charge in [-0.3, -0.25) is 0 Å². The standard InChI is InChI=1S/C22H17N3O/c1-14-24(2)21-15(13-23)7-5-10-18(21)25(14)19-11-6-9-17-16-8-3-4-12-20(16)26-22(17)19/h3-12,14H,1-2H3/t14-/m0/s1. The second-order valence-electron chi connectivity index (χ2n) is 6.65. The molecule has 5 rings (SSSR count). The average Bonchev–Trinajstić information content (AvgIpc) is 3.18. The predicted molar refractivity (Wildman–Crippen MR) is 105 cm³/mol. The lowest BCUT2D eigenvalue weighted by molar-refractivity contribution is 0.662. The Morgan fingerprint density at radius 3 is 2.50 bits per heavy atom. The SMILES string of the molecule is C[C@H]1N(C)c2c(C#N)cccc2N1c1cccc2c1oc1ccccc12. The fraction of sp³-hybridized carbons (Fsp3) is 0.136. The first kappa shape index (κ1) is 14.9. The minimum Gasteiger partial charge on any atom is -0.454 e. The van der Waals surface area contributed by atoms with Crippen molar-refractivity contribution in [2.75, 3.05) is 16.8 Å². The maximum Gasteiger partial charge on any atom is 0.159 e. The Kier molecular flexibility index (Phi) is 3.01. The Labute approximate surface area is 151 Å². The molecule has 2 heterocycles. The Bertz CT molecular complexity index is 1200. The van der Waals surface area contributed by atoms with Gasteiger partial charge >= 0.3 is 0 Å². The van der Waals surface area contributed by atoms with Crippen molar-refractivity contribution in [3.8, 4) is 6.07 Å². The van der Waals surface area contributed by atoms with Crippen LogP contribution in [0.5, 0.6) is 0 Å². The van der Waals surface area contributed by atoms with Gasteiger partial charge in [-0.05, 0) is 31.2 Å². The van der Waals surface area contributed by atoms with E-state index in [0.29, 0.717) is 5.56 Å². The second-order valence-corrected chi connectivity index (χ2v) is 6.65. The molecule has 1 aromatic heterocycles. The number of benzene rings is 3. The molecule has 0 amide bonds. The lowest BCUT2D eigenvalue weighted by atomic mass is 10.1. The van der Waals surface area contributed by atoms with Crippen LogP contribution in [-0.4, -0.2) is 13.2 Å². The maximum absolute atomic E-state index is 9.52. The van der Waals surface area contributed by atoms with Gasteiger partial charge in [0.1, 0.15) is 17.8 Å². The third-order valence-electron chi connectivity index (χ3n) is 5.32. The lowest BCUT2D eigenvalue weighted by Crippen LogP contribution is -2.35. The number of nitriles is 1. The van der Waals surface area contributed by atoms with Crippen LogP contribution in [-0.2, 0) is 0 Å². The average molecular weight is 339 g/mol. The molecule has 3 aromatic carbocycles. The smallest absolute Gasteiger partial charge is 0.159 e. The van der Waals surface area contributed by atoms with Gasteiger partial charge in [0.15, 0.2) is 5.58 Å². The highest BCUT2D eigenvalue weighted by atomic mass is 16.3. The summed E-state index contributed by atoms with van der Waals surface area (Å²) >= 11 is 0.